The number of rotatable bonds is 2. The Hall–Kier alpha value is -1.22. The predicted molar refractivity (Wildman–Crippen MR) is 55.9 cm³/mol. The molecular formula is C11H15NO2. The van der Waals surface area contributed by atoms with Gasteiger partial charge in [-0.25, -0.2) is 0 Å². The van der Waals surface area contributed by atoms with Gasteiger partial charge in [0.1, 0.15) is 5.75 Å². The molecule has 0 amide bonds. The van der Waals surface area contributed by atoms with Crippen LogP contribution < -0.4 is 10.1 Å². The highest BCUT2D eigenvalue weighted by molar-refractivity contribution is 5.57. The normalized spacial score (nSPS) is 19.7. The van der Waals surface area contributed by atoms with Crippen LogP contribution in [0, 0.1) is 0 Å². The van der Waals surface area contributed by atoms with Gasteiger partial charge in [-0.3, -0.25) is 0 Å². The van der Waals surface area contributed by atoms with Crippen LogP contribution in [-0.4, -0.2) is 20.8 Å². The van der Waals surface area contributed by atoms with E-state index in [1.807, 2.05) is 12.1 Å². The van der Waals surface area contributed by atoms with E-state index in [1.165, 1.54) is 5.56 Å². The van der Waals surface area contributed by atoms with Gasteiger partial charge in [-0.05, 0) is 12.5 Å². The lowest BCUT2D eigenvalue weighted by atomic mass is 10.0. The molecule has 1 aromatic carbocycles. The van der Waals surface area contributed by atoms with E-state index in [2.05, 4.69) is 11.4 Å². The molecule has 1 aliphatic rings. The van der Waals surface area contributed by atoms with Crippen LogP contribution in [0.15, 0.2) is 18.2 Å². The first-order chi connectivity index (χ1) is 6.85. The third-order valence-electron chi connectivity index (χ3n) is 2.61. The lowest BCUT2D eigenvalue weighted by Gasteiger charge is -2.25. The molecule has 1 aliphatic heterocycles. The zero-order chi connectivity index (χ0) is 9.97. The van der Waals surface area contributed by atoms with E-state index in [9.17, 15) is 0 Å². The third-order valence-corrected chi connectivity index (χ3v) is 2.61. The molecule has 0 bridgehead atoms. The number of ether oxygens (including phenoxy) is 2. The van der Waals surface area contributed by atoms with E-state index in [4.69, 9.17) is 9.47 Å². The largest absolute Gasteiger partial charge is 0.497 e. The number of fused-ring (bicyclic) bond motifs is 1. The topological polar surface area (TPSA) is 30.5 Å². The van der Waals surface area contributed by atoms with Crippen LogP contribution in [0.2, 0.25) is 0 Å². The smallest absolute Gasteiger partial charge is 0.120 e. The summed E-state index contributed by atoms with van der Waals surface area (Å²) in [5, 5.41) is 3.34. The highest BCUT2D eigenvalue weighted by Gasteiger charge is 2.19. The molecule has 3 nitrogen and oxygen atoms in total. The number of methoxy groups -OCH3 is 2. The second-order valence-electron chi connectivity index (χ2n) is 3.39. The van der Waals surface area contributed by atoms with Crippen molar-refractivity contribution in [1.29, 1.82) is 0 Å². The molecule has 0 fully saturated rings. The molecule has 1 aromatic rings. The Morgan fingerprint density at radius 1 is 1.36 bits per heavy atom. The molecule has 1 atom stereocenters. The number of hydrogen-bond acceptors (Lipinski definition) is 3. The van der Waals surface area contributed by atoms with E-state index in [0.29, 0.717) is 0 Å². The van der Waals surface area contributed by atoms with Gasteiger partial charge in [0.2, 0.25) is 0 Å². The number of nitrogens with one attached hydrogen (secondary N) is 1. The number of hydrogen-bond donors (Lipinski definition) is 1. The molecule has 76 valence electrons. The van der Waals surface area contributed by atoms with E-state index < -0.39 is 0 Å². The molecule has 14 heavy (non-hydrogen) atoms. The third kappa shape index (κ3) is 1.55. The van der Waals surface area contributed by atoms with E-state index in [-0.39, 0.29) is 6.10 Å². The van der Waals surface area contributed by atoms with Crippen LogP contribution in [0.5, 0.6) is 5.75 Å². The van der Waals surface area contributed by atoms with Crippen LogP contribution in [0.3, 0.4) is 0 Å². The van der Waals surface area contributed by atoms with Crippen molar-refractivity contribution in [3.63, 3.8) is 0 Å². The first kappa shape index (κ1) is 9.34. The summed E-state index contributed by atoms with van der Waals surface area (Å²) in [5.74, 6) is 0.882. The van der Waals surface area contributed by atoms with Gasteiger partial charge in [0.25, 0.3) is 0 Å². The molecule has 3 heteroatoms. The molecule has 2 rings (SSSR count). The van der Waals surface area contributed by atoms with Gasteiger partial charge >= 0.3 is 0 Å². The van der Waals surface area contributed by atoms with Gasteiger partial charge in [0, 0.05) is 31.0 Å². The Kier molecular flexibility index (Phi) is 2.59. The SMILES string of the molecule is COc1ccc2c(c1)NCCC2OC. The Morgan fingerprint density at radius 2 is 2.21 bits per heavy atom. The maximum Gasteiger partial charge on any atom is 0.120 e. The highest BCUT2D eigenvalue weighted by Crippen LogP contribution is 2.34. The Balaban J connectivity index is 2.35. The number of benzene rings is 1. The fourth-order valence-electron chi connectivity index (χ4n) is 1.83. The minimum absolute atomic E-state index is 0.220. The van der Waals surface area contributed by atoms with Gasteiger partial charge < -0.3 is 14.8 Å². The van der Waals surface area contributed by atoms with Gasteiger partial charge in [0.15, 0.2) is 0 Å². The molecule has 0 saturated heterocycles. The fraction of sp³-hybridized carbons (Fsp3) is 0.455. The molecular weight excluding hydrogens is 178 g/mol. The summed E-state index contributed by atoms with van der Waals surface area (Å²) in [6.45, 7) is 0.957. The van der Waals surface area contributed by atoms with Gasteiger partial charge in [0.05, 0.1) is 13.2 Å². The summed E-state index contributed by atoms with van der Waals surface area (Å²) in [5.41, 5.74) is 2.35. The van der Waals surface area contributed by atoms with Crippen molar-refractivity contribution in [2.45, 2.75) is 12.5 Å². The van der Waals surface area contributed by atoms with Crippen molar-refractivity contribution >= 4 is 5.69 Å². The van der Waals surface area contributed by atoms with Crippen molar-refractivity contribution in [3.8, 4) is 5.75 Å². The summed E-state index contributed by atoms with van der Waals surface area (Å²) >= 11 is 0. The first-order valence-electron chi connectivity index (χ1n) is 4.79. The summed E-state index contributed by atoms with van der Waals surface area (Å²) < 4.78 is 10.6. The average molecular weight is 193 g/mol. The lowest BCUT2D eigenvalue weighted by molar-refractivity contribution is 0.0964. The Labute approximate surface area is 84.0 Å². The minimum atomic E-state index is 0.220. The van der Waals surface area contributed by atoms with E-state index in [0.717, 1.165) is 24.4 Å². The zero-order valence-electron chi connectivity index (χ0n) is 8.54. The van der Waals surface area contributed by atoms with Gasteiger partial charge in [-0.15, -0.1) is 0 Å². The van der Waals surface area contributed by atoms with Gasteiger partial charge in [-0.2, -0.15) is 0 Å². The Bertz CT molecular complexity index is 325. The summed E-state index contributed by atoms with van der Waals surface area (Å²) in [6, 6.07) is 6.05. The number of anilines is 1. The molecule has 1 heterocycles. The predicted octanol–water partition coefficient (Wildman–Crippen LogP) is 2.20. The molecule has 1 N–H and O–H groups in total. The maximum absolute atomic E-state index is 5.41. The van der Waals surface area contributed by atoms with Crippen LogP contribution in [0.1, 0.15) is 18.1 Å². The molecule has 0 aliphatic carbocycles. The van der Waals surface area contributed by atoms with E-state index >= 15 is 0 Å². The second kappa shape index (κ2) is 3.88. The molecule has 0 radical (unpaired) electrons. The first-order valence-corrected chi connectivity index (χ1v) is 4.79. The summed E-state index contributed by atoms with van der Waals surface area (Å²) in [4.78, 5) is 0. The molecule has 0 saturated carbocycles. The zero-order valence-corrected chi connectivity index (χ0v) is 8.54. The van der Waals surface area contributed by atoms with Crippen LogP contribution in [0.25, 0.3) is 0 Å². The summed E-state index contributed by atoms with van der Waals surface area (Å²) in [7, 11) is 3.43. The molecule has 0 spiro atoms. The monoisotopic (exact) mass is 193 g/mol. The van der Waals surface area contributed by atoms with Crippen LogP contribution >= 0.6 is 0 Å². The molecule has 1 unspecified atom stereocenters. The van der Waals surface area contributed by atoms with Crippen LogP contribution in [0.4, 0.5) is 5.69 Å². The average Bonchev–Trinajstić information content (AvgIpc) is 2.27. The summed E-state index contributed by atoms with van der Waals surface area (Å²) in [6.07, 6.45) is 1.24. The van der Waals surface area contributed by atoms with Crippen molar-refractivity contribution in [3.05, 3.63) is 23.8 Å². The lowest BCUT2D eigenvalue weighted by Crippen LogP contribution is -2.17. The van der Waals surface area contributed by atoms with Crippen molar-refractivity contribution < 1.29 is 9.47 Å². The standard InChI is InChI=1S/C11H15NO2/c1-13-8-3-4-9-10(7-8)12-6-5-11(9)14-2/h3-4,7,11-12H,5-6H2,1-2H3. The quantitative estimate of drug-likeness (QED) is 0.781. The maximum atomic E-state index is 5.41. The minimum Gasteiger partial charge on any atom is -0.497 e. The van der Waals surface area contributed by atoms with Crippen molar-refractivity contribution in [2.75, 3.05) is 26.1 Å². The second-order valence-corrected chi connectivity index (χ2v) is 3.39. The van der Waals surface area contributed by atoms with E-state index in [1.54, 1.807) is 14.2 Å². The van der Waals surface area contributed by atoms with Crippen molar-refractivity contribution in [2.24, 2.45) is 0 Å². The van der Waals surface area contributed by atoms with Crippen LogP contribution in [-0.2, 0) is 4.74 Å². The fourth-order valence-corrected chi connectivity index (χ4v) is 1.83. The molecule has 0 aromatic heterocycles. The highest BCUT2D eigenvalue weighted by atomic mass is 16.5. The van der Waals surface area contributed by atoms with Crippen molar-refractivity contribution in [1.82, 2.24) is 0 Å². The van der Waals surface area contributed by atoms with Gasteiger partial charge in [-0.1, -0.05) is 6.07 Å². The Morgan fingerprint density at radius 3 is 2.93 bits per heavy atom.